The van der Waals surface area contributed by atoms with Gasteiger partial charge in [-0.15, -0.1) is 15.3 Å². The first-order valence-electron chi connectivity index (χ1n) is 4.18. The lowest BCUT2D eigenvalue weighted by molar-refractivity contribution is 0.563. The zero-order valence-electron chi connectivity index (χ0n) is 7.48. The van der Waals surface area contributed by atoms with Crippen LogP contribution in [0.1, 0.15) is 5.69 Å². The van der Waals surface area contributed by atoms with E-state index in [0.29, 0.717) is 19.6 Å². The van der Waals surface area contributed by atoms with Crippen LogP contribution < -0.4 is 5.73 Å². The maximum Gasteiger partial charge on any atom is 0.162 e. The molecule has 14 heavy (non-hydrogen) atoms. The smallest absolute Gasteiger partial charge is 0.162 e. The molecule has 0 aliphatic heterocycles. The summed E-state index contributed by atoms with van der Waals surface area (Å²) in [6.45, 7) is 1.69. The van der Waals surface area contributed by atoms with Crippen molar-refractivity contribution in [2.45, 2.75) is 13.1 Å². The molecule has 8 heteroatoms. The molecule has 74 valence electrons. The van der Waals surface area contributed by atoms with Crippen molar-refractivity contribution in [3.05, 3.63) is 18.2 Å². The molecule has 0 aromatic carbocycles. The SMILES string of the molecule is NCCn1cc(Cn2ncnn2)nn1. The highest BCUT2D eigenvalue weighted by Crippen LogP contribution is 1.94. The van der Waals surface area contributed by atoms with E-state index in [1.165, 1.54) is 11.1 Å². The molecule has 2 aromatic rings. The van der Waals surface area contributed by atoms with Crippen molar-refractivity contribution in [1.29, 1.82) is 0 Å². The number of rotatable bonds is 4. The molecule has 0 spiro atoms. The minimum atomic E-state index is 0.477. The van der Waals surface area contributed by atoms with Gasteiger partial charge in [0.2, 0.25) is 0 Å². The average molecular weight is 194 g/mol. The molecule has 2 aromatic heterocycles. The Balaban J connectivity index is 2.03. The maximum atomic E-state index is 5.38. The van der Waals surface area contributed by atoms with E-state index in [4.69, 9.17) is 5.73 Å². The highest BCUT2D eigenvalue weighted by atomic mass is 15.6. The minimum Gasteiger partial charge on any atom is -0.329 e. The van der Waals surface area contributed by atoms with Crippen LogP contribution in [0.25, 0.3) is 0 Å². The number of nitrogens with zero attached hydrogens (tertiary/aromatic N) is 7. The van der Waals surface area contributed by atoms with Crippen LogP contribution in [0.5, 0.6) is 0 Å². The second kappa shape index (κ2) is 3.92. The van der Waals surface area contributed by atoms with Gasteiger partial charge in [-0.1, -0.05) is 5.21 Å². The number of hydrogen-bond acceptors (Lipinski definition) is 6. The molecule has 0 saturated heterocycles. The van der Waals surface area contributed by atoms with Crippen molar-refractivity contribution in [1.82, 2.24) is 35.2 Å². The molecule has 0 fully saturated rings. The van der Waals surface area contributed by atoms with E-state index in [2.05, 4.69) is 25.7 Å². The lowest BCUT2D eigenvalue weighted by Gasteiger charge is -1.93. The van der Waals surface area contributed by atoms with Crippen molar-refractivity contribution in [2.75, 3.05) is 6.54 Å². The van der Waals surface area contributed by atoms with Gasteiger partial charge in [-0.3, -0.25) is 4.68 Å². The van der Waals surface area contributed by atoms with Crippen LogP contribution in [-0.2, 0) is 13.1 Å². The van der Waals surface area contributed by atoms with Crippen LogP contribution in [0.2, 0.25) is 0 Å². The lowest BCUT2D eigenvalue weighted by Crippen LogP contribution is -2.10. The predicted molar refractivity (Wildman–Crippen MR) is 46.0 cm³/mol. The van der Waals surface area contributed by atoms with Crippen molar-refractivity contribution < 1.29 is 0 Å². The molecular formula is C6H10N8. The molecule has 0 radical (unpaired) electrons. The fourth-order valence-corrected chi connectivity index (χ4v) is 1.06. The van der Waals surface area contributed by atoms with Gasteiger partial charge < -0.3 is 5.73 Å². The first-order valence-corrected chi connectivity index (χ1v) is 4.18. The number of hydrogen-bond donors (Lipinski definition) is 1. The minimum absolute atomic E-state index is 0.477. The van der Waals surface area contributed by atoms with Gasteiger partial charge in [-0.2, -0.15) is 4.80 Å². The van der Waals surface area contributed by atoms with Crippen LogP contribution in [-0.4, -0.2) is 41.7 Å². The zero-order chi connectivity index (χ0) is 9.80. The van der Waals surface area contributed by atoms with E-state index in [0.717, 1.165) is 5.69 Å². The van der Waals surface area contributed by atoms with Crippen LogP contribution in [0, 0.1) is 0 Å². The summed E-state index contributed by atoms with van der Waals surface area (Å²) in [7, 11) is 0. The van der Waals surface area contributed by atoms with Crippen molar-refractivity contribution >= 4 is 0 Å². The monoisotopic (exact) mass is 194 g/mol. The molecule has 0 amide bonds. The third-order valence-corrected chi connectivity index (χ3v) is 1.64. The van der Waals surface area contributed by atoms with E-state index >= 15 is 0 Å². The largest absolute Gasteiger partial charge is 0.329 e. The molecule has 0 aliphatic rings. The van der Waals surface area contributed by atoms with E-state index in [-0.39, 0.29) is 0 Å². The molecular weight excluding hydrogens is 184 g/mol. The third-order valence-electron chi connectivity index (χ3n) is 1.64. The van der Waals surface area contributed by atoms with E-state index in [9.17, 15) is 0 Å². The first kappa shape index (κ1) is 8.75. The Morgan fingerprint density at radius 3 is 3.00 bits per heavy atom. The first-order chi connectivity index (χ1) is 6.88. The molecule has 0 saturated carbocycles. The second-order valence-corrected chi connectivity index (χ2v) is 2.73. The highest BCUT2D eigenvalue weighted by Gasteiger charge is 2.01. The summed E-state index contributed by atoms with van der Waals surface area (Å²) in [4.78, 5) is 1.44. The van der Waals surface area contributed by atoms with Gasteiger partial charge >= 0.3 is 0 Å². The summed E-state index contributed by atoms with van der Waals surface area (Å²) in [6, 6.07) is 0. The Kier molecular flexibility index (Phi) is 2.45. The van der Waals surface area contributed by atoms with Gasteiger partial charge in [-0.05, 0) is 5.21 Å². The maximum absolute atomic E-state index is 5.38. The van der Waals surface area contributed by atoms with Crippen LogP contribution >= 0.6 is 0 Å². The highest BCUT2D eigenvalue weighted by molar-refractivity contribution is 4.91. The van der Waals surface area contributed by atoms with Gasteiger partial charge in [0.15, 0.2) is 6.33 Å². The van der Waals surface area contributed by atoms with Gasteiger partial charge in [0.25, 0.3) is 0 Å². The summed E-state index contributed by atoms with van der Waals surface area (Å²) in [5.41, 5.74) is 6.17. The molecule has 8 nitrogen and oxygen atoms in total. The molecule has 2 heterocycles. The Labute approximate surface area is 79.7 Å². The number of nitrogens with two attached hydrogens (primary N) is 1. The van der Waals surface area contributed by atoms with Gasteiger partial charge in [0.05, 0.1) is 12.7 Å². The average Bonchev–Trinajstić information content (AvgIpc) is 2.79. The van der Waals surface area contributed by atoms with E-state index in [1.54, 1.807) is 4.68 Å². The zero-order valence-corrected chi connectivity index (χ0v) is 7.48. The summed E-state index contributed by atoms with van der Waals surface area (Å²) < 4.78 is 1.69. The van der Waals surface area contributed by atoms with Crippen LogP contribution in [0.4, 0.5) is 0 Å². The molecule has 2 N–H and O–H groups in total. The molecule has 0 unspecified atom stereocenters. The molecule has 2 rings (SSSR count). The fourth-order valence-electron chi connectivity index (χ4n) is 1.06. The van der Waals surface area contributed by atoms with Gasteiger partial charge in [-0.25, -0.2) is 0 Å². The molecule has 0 aliphatic carbocycles. The summed E-state index contributed by atoms with van der Waals surface area (Å²) in [5.74, 6) is 0. The van der Waals surface area contributed by atoms with E-state index < -0.39 is 0 Å². The second-order valence-electron chi connectivity index (χ2n) is 2.73. The molecule has 0 atom stereocenters. The topological polar surface area (TPSA) is 100 Å². The summed E-state index contributed by atoms with van der Waals surface area (Å²) >= 11 is 0. The summed E-state index contributed by atoms with van der Waals surface area (Å²) in [6.07, 6.45) is 3.19. The Morgan fingerprint density at radius 1 is 1.36 bits per heavy atom. The summed E-state index contributed by atoms with van der Waals surface area (Å²) in [5, 5.41) is 19.0. The third kappa shape index (κ3) is 1.91. The normalized spacial score (nSPS) is 10.6. The van der Waals surface area contributed by atoms with Crippen molar-refractivity contribution in [3.8, 4) is 0 Å². The number of aromatic nitrogens is 7. The molecule has 0 bridgehead atoms. The predicted octanol–water partition coefficient (Wildman–Crippen LogP) is -1.73. The number of tetrazole rings is 1. The van der Waals surface area contributed by atoms with Gasteiger partial charge in [0.1, 0.15) is 12.2 Å². The van der Waals surface area contributed by atoms with Crippen molar-refractivity contribution in [3.63, 3.8) is 0 Å². The van der Waals surface area contributed by atoms with Crippen LogP contribution in [0.3, 0.4) is 0 Å². The standard InChI is InChI=1S/C6H10N8/c7-1-2-13-3-6(10-12-13)4-14-9-5-8-11-14/h3,5H,1-2,4,7H2. The Bertz CT molecular complexity index is 376. The lowest BCUT2D eigenvalue weighted by atomic mass is 10.5. The Hall–Kier alpha value is -1.83. The van der Waals surface area contributed by atoms with Gasteiger partial charge in [0, 0.05) is 6.54 Å². The fraction of sp³-hybridized carbons (Fsp3) is 0.500. The quantitative estimate of drug-likeness (QED) is 0.620. The Morgan fingerprint density at radius 2 is 2.29 bits per heavy atom. The van der Waals surface area contributed by atoms with E-state index in [1.807, 2.05) is 6.20 Å². The van der Waals surface area contributed by atoms with Crippen LogP contribution in [0.15, 0.2) is 12.5 Å². The van der Waals surface area contributed by atoms with Crippen molar-refractivity contribution in [2.24, 2.45) is 5.73 Å².